The second kappa shape index (κ2) is 9.56. The molecule has 6 heteroatoms. The molecule has 3 aliphatic rings. The van der Waals surface area contributed by atoms with Crippen LogP contribution in [0.1, 0.15) is 54.2 Å². The molecule has 3 atom stereocenters. The molecule has 33 heavy (non-hydrogen) atoms. The number of nitrogens with zero attached hydrogens (tertiary/aromatic N) is 3. The summed E-state index contributed by atoms with van der Waals surface area (Å²) in [5, 5.41) is 3.48. The molecule has 1 unspecified atom stereocenters. The average molecular weight is 447 g/mol. The lowest BCUT2D eigenvalue weighted by molar-refractivity contribution is -0.132. The summed E-state index contributed by atoms with van der Waals surface area (Å²) >= 11 is 0. The molecular weight excluding hydrogens is 412 g/mol. The van der Waals surface area contributed by atoms with Gasteiger partial charge in [0.15, 0.2) is 0 Å². The zero-order valence-corrected chi connectivity index (χ0v) is 19.5. The summed E-state index contributed by atoms with van der Waals surface area (Å²) in [5.74, 6) is 0.420. The van der Waals surface area contributed by atoms with E-state index in [4.69, 9.17) is 0 Å². The second-order valence-electron chi connectivity index (χ2n) is 9.71. The van der Waals surface area contributed by atoms with Gasteiger partial charge < -0.3 is 20.0 Å². The van der Waals surface area contributed by atoms with Crippen LogP contribution >= 0.6 is 0 Å². The van der Waals surface area contributed by atoms with Gasteiger partial charge in [0, 0.05) is 25.3 Å². The lowest BCUT2D eigenvalue weighted by Gasteiger charge is -2.45. The van der Waals surface area contributed by atoms with Gasteiger partial charge in [0.25, 0.3) is 5.91 Å². The van der Waals surface area contributed by atoms with E-state index in [9.17, 15) is 9.59 Å². The first kappa shape index (κ1) is 22.0. The Morgan fingerprint density at radius 3 is 2.61 bits per heavy atom. The average Bonchev–Trinajstić information content (AvgIpc) is 2.86. The molecule has 0 aromatic heterocycles. The van der Waals surface area contributed by atoms with E-state index in [0.29, 0.717) is 17.5 Å². The summed E-state index contributed by atoms with van der Waals surface area (Å²) < 4.78 is 0. The van der Waals surface area contributed by atoms with Gasteiger partial charge in [0.05, 0.1) is 5.56 Å². The molecule has 0 radical (unpaired) electrons. The van der Waals surface area contributed by atoms with Crippen molar-refractivity contribution in [1.82, 2.24) is 14.7 Å². The monoisotopic (exact) mass is 446 g/mol. The number of rotatable bonds is 5. The second-order valence-corrected chi connectivity index (χ2v) is 9.71. The Bertz CT molecular complexity index is 993. The molecule has 2 amide bonds. The van der Waals surface area contributed by atoms with E-state index in [1.807, 2.05) is 66.5 Å². The molecule has 2 aromatic carbocycles. The number of nitrogens with one attached hydrogen (secondary N) is 1. The van der Waals surface area contributed by atoms with Crippen molar-refractivity contribution in [3.8, 4) is 0 Å². The van der Waals surface area contributed by atoms with E-state index < -0.39 is 0 Å². The minimum absolute atomic E-state index is 0.00149. The number of amides is 2. The lowest BCUT2D eigenvalue weighted by Crippen LogP contribution is -2.52. The van der Waals surface area contributed by atoms with E-state index in [-0.39, 0.29) is 24.5 Å². The molecule has 1 N–H and O–H groups in total. The Kier molecular flexibility index (Phi) is 6.36. The van der Waals surface area contributed by atoms with Crippen LogP contribution in [-0.4, -0.2) is 65.8 Å². The highest BCUT2D eigenvalue weighted by Crippen LogP contribution is 2.34. The van der Waals surface area contributed by atoms with Gasteiger partial charge in [-0.1, -0.05) is 48.9 Å². The largest absolute Gasteiger partial charge is 0.361 e. The fraction of sp³-hybridized carbons (Fsp3) is 0.481. The number of carbonyl (C=O) groups is 2. The van der Waals surface area contributed by atoms with Gasteiger partial charge in [-0.2, -0.15) is 0 Å². The van der Waals surface area contributed by atoms with Crippen LogP contribution in [0.2, 0.25) is 0 Å². The summed E-state index contributed by atoms with van der Waals surface area (Å²) in [7, 11) is 1.90. The Morgan fingerprint density at radius 2 is 1.76 bits per heavy atom. The number of hydrogen-bond acceptors (Lipinski definition) is 4. The molecule has 0 aliphatic carbocycles. The molecule has 3 aliphatic heterocycles. The SMILES string of the molecule is CN(C[C@@H]1CCCN2CCCC[C@H]12)C(=O)CN1C(=O)c2ccccc2NC1c1ccccc1. The van der Waals surface area contributed by atoms with Gasteiger partial charge in [-0.15, -0.1) is 0 Å². The molecule has 0 saturated carbocycles. The van der Waals surface area contributed by atoms with Crippen molar-refractivity contribution < 1.29 is 9.59 Å². The highest BCUT2D eigenvalue weighted by atomic mass is 16.2. The highest BCUT2D eigenvalue weighted by Gasteiger charge is 2.37. The normalized spacial score (nSPS) is 25.1. The molecule has 0 bridgehead atoms. The van der Waals surface area contributed by atoms with Gasteiger partial charge in [0.2, 0.25) is 5.91 Å². The smallest absolute Gasteiger partial charge is 0.258 e. The number of benzene rings is 2. The highest BCUT2D eigenvalue weighted by molar-refractivity contribution is 6.03. The zero-order valence-electron chi connectivity index (χ0n) is 19.5. The Morgan fingerprint density at radius 1 is 1.00 bits per heavy atom. The molecule has 5 rings (SSSR count). The summed E-state index contributed by atoms with van der Waals surface area (Å²) in [6, 6.07) is 18.0. The molecule has 3 heterocycles. The van der Waals surface area contributed by atoms with E-state index in [2.05, 4.69) is 10.2 Å². The Hall–Kier alpha value is -2.86. The molecule has 2 saturated heterocycles. The maximum atomic E-state index is 13.4. The predicted molar refractivity (Wildman–Crippen MR) is 130 cm³/mol. The van der Waals surface area contributed by atoms with Crippen LogP contribution in [0.25, 0.3) is 0 Å². The number of piperidine rings is 2. The van der Waals surface area contributed by atoms with Crippen LogP contribution in [0.15, 0.2) is 54.6 Å². The third kappa shape index (κ3) is 4.49. The Balaban J connectivity index is 1.32. The molecule has 0 spiro atoms. The van der Waals surface area contributed by atoms with Gasteiger partial charge in [-0.25, -0.2) is 0 Å². The van der Waals surface area contributed by atoms with Crippen LogP contribution in [0, 0.1) is 5.92 Å². The molecular formula is C27H34N4O2. The number of para-hydroxylation sites is 1. The van der Waals surface area contributed by atoms with Crippen LogP contribution in [0.5, 0.6) is 0 Å². The summed E-state index contributed by atoms with van der Waals surface area (Å²) in [5.41, 5.74) is 2.40. The first-order valence-electron chi connectivity index (χ1n) is 12.3. The van der Waals surface area contributed by atoms with E-state index in [1.54, 1.807) is 4.90 Å². The fourth-order valence-electron chi connectivity index (χ4n) is 5.86. The van der Waals surface area contributed by atoms with E-state index in [0.717, 1.165) is 17.8 Å². The Labute approximate surface area is 196 Å². The van der Waals surface area contributed by atoms with Crippen molar-refractivity contribution >= 4 is 17.5 Å². The number of hydrogen-bond donors (Lipinski definition) is 1. The van der Waals surface area contributed by atoms with Crippen molar-refractivity contribution in [3.05, 3.63) is 65.7 Å². The summed E-state index contributed by atoms with van der Waals surface area (Å²) in [6.07, 6.45) is 5.86. The third-order valence-corrected chi connectivity index (χ3v) is 7.61. The molecule has 2 aromatic rings. The van der Waals surface area contributed by atoms with Crippen molar-refractivity contribution in [1.29, 1.82) is 0 Å². The van der Waals surface area contributed by atoms with E-state index >= 15 is 0 Å². The number of anilines is 1. The van der Waals surface area contributed by atoms with Gasteiger partial charge in [0.1, 0.15) is 12.7 Å². The van der Waals surface area contributed by atoms with Crippen molar-refractivity contribution in [2.24, 2.45) is 5.92 Å². The van der Waals surface area contributed by atoms with Crippen LogP contribution in [-0.2, 0) is 4.79 Å². The van der Waals surface area contributed by atoms with E-state index in [1.165, 1.54) is 45.2 Å². The minimum Gasteiger partial charge on any atom is -0.361 e. The summed E-state index contributed by atoms with van der Waals surface area (Å²) in [6.45, 7) is 3.23. The van der Waals surface area contributed by atoms with Gasteiger partial charge in [-0.3, -0.25) is 9.59 Å². The molecule has 6 nitrogen and oxygen atoms in total. The predicted octanol–water partition coefficient (Wildman–Crippen LogP) is 3.98. The fourth-order valence-corrected chi connectivity index (χ4v) is 5.86. The van der Waals surface area contributed by atoms with Gasteiger partial charge in [-0.05, 0) is 62.4 Å². The van der Waals surface area contributed by atoms with Crippen molar-refractivity contribution in [2.45, 2.75) is 44.3 Å². The first-order chi connectivity index (χ1) is 16.1. The molecule has 2 fully saturated rings. The lowest BCUT2D eigenvalue weighted by atomic mass is 9.83. The quantitative estimate of drug-likeness (QED) is 0.755. The third-order valence-electron chi connectivity index (χ3n) is 7.61. The zero-order chi connectivity index (χ0) is 22.8. The maximum absolute atomic E-state index is 13.4. The number of carbonyl (C=O) groups excluding carboxylic acids is 2. The first-order valence-corrected chi connectivity index (χ1v) is 12.3. The van der Waals surface area contributed by atoms with Crippen LogP contribution in [0.4, 0.5) is 5.69 Å². The molecule has 174 valence electrons. The maximum Gasteiger partial charge on any atom is 0.258 e. The van der Waals surface area contributed by atoms with Crippen LogP contribution < -0.4 is 5.32 Å². The van der Waals surface area contributed by atoms with Crippen LogP contribution in [0.3, 0.4) is 0 Å². The standard InChI is InChI=1S/C27H34N4O2/c1-29(18-21-12-9-17-30-16-8-7-15-24(21)30)25(32)19-31-26(20-10-3-2-4-11-20)28-23-14-6-5-13-22(23)27(31)33/h2-6,10-11,13-14,21,24,26,28H,7-9,12,15-19H2,1H3/t21-,24+,26?/m0/s1. The minimum atomic E-state index is -0.366. The van der Waals surface area contributed by atoms with Crippen molar-refractivity contribution in [2.75, 3.05) is 38.5 Å². The number of fused-ring (bicyclic) bond motifs is 2. The topological polar surface area (TPSA) is 55.9 Å². The number of likely N-dealkylation sites (N-methyl/N-ethyl adjacent to an activating group) is 1. The summed E-state index contributed by atoms with van der Waals surface area (Å²) in [4.78, 5) is 33.0. The van der Waals surface area contributed by atoms with Gasteiger partial charge >= 0.3 is 0 Å². The van der Waals surface area contributed by atoms with Crippen molar-refractivity contribution in [3.63, 3.8) is 0 Å².